The number of hydrogen-bond donors (Lipinski definition) is 1. The molecule has 0 saturated heterocycles. The molecule has 1 atom stereocenters. The topological polar surface area (TPSA) is 62.3 Å². The second kappa shape index (κ2) is 8.86. The predicted molar refractivity (Wildman–Crippen MR) is 110 cm³/mol. The fraction of sp³-hybridized carbons (Fsp3) is 0.500. The quantitative estimate of drug-likeness (QED) is 0.771. The molecule has 2 saturated carbocycles. The van der Waals surface area contributed by atoms with Gasteiger partial charge >= 0.3 is 0 Å². The first-order valence-corrected chi connectivity index (χ1v) is 11.1. The number of nitrogens with one attached hydrogen (secondary N) is 1. The molecule has 2 aromatic heterocycles. The molecule has 28 heavy (non-hydrogen) atoms. The van der Waals surface area contributed by atoms with Crippen molar-refractivity contribution in [2.45, 2.75) is 69.5 Å². The molecule has 0 radical (unpaired) electrons. The van der Waals surface area contributed by atoms with Crippen molar-refractivity contribution < 1.29 is 9.59 Å². The van der Waals surface area contributed by atoms with Gasteiger partial charge in [0.25, 0.3) is 0 Å². The molecule has 2 aromatic rings. The summed E-state index contributed by atoms with van der Waals surface area (Å²) in [6, 6.07) is 7.46. The van der Waals surface area contributed by atoms with Gasteiger partial charge in [-0.15, -0.1) is 11.3 Å². The number of amides is 2. The van der Waals surface area contributed by atoms with E-state index in [1.54, 1.807) is 23.7 Å². The highest BCUT2D eigenvalue weighted by Gasteiger charge is 2.41. The van der Waals surface area contributed by atoms with Gasteiger partial charge in [-0.2, -0.15) is 0 Å². The molecule has 2 aliphatic rings. The van der Waals surface area contributed by atoms with E-state index in [4.69, 9.17) is 0 Å². The molecule has 0 spiro atoms. The van der Waals surface area contributed by atoms with Gasteiger partial charge in [0.15, 0.2) is 0 Å². The average Bonchev–Trinajstić information content (AvgIpc) is 3.42. The minimum absolute atomic E-state index is 0.0329. The SMILES string of the molecule is O=C(NC1CCCCC1)C(c1ccncc1)N(C(=O)Cc1cccs1)C1CC1. The summed E-state index contributed by atoms with van der Waals surface area (Å²) in [5.41, 5.74) is 0.842. The number of pyridine rings is 1. The van der Waals surface area contributed by atoms with Gasteiger partial charge in [-0.05, 0) is 54.8 Å². The van der Waals surface area contributed by atoms with E-state index in [1.807, 2.05) is 34.5 Å². The third-order valence-electron chi connectivity index (χ3n) is 5.63. The number of carbonyl (C=O) groups excluding carboxylic acids is 2. The summed E-state index contributed by atoms with van der Waals surface area (Å²) in [6.07, 6.45) is 11.3. The van der Waals surface area contributed by atoms with Crippen LogP contribution in [-0.2, 0) is 16.0 Å². The van der Waals surface area contributed by atoms with E-state index < -0.39 is 6.04 Å². The van der Waals surface area contributed by atoms with Crippen molar-refractivity contribution in [3.05, 3.63) is 52.5 Å². The number of nitrogens with zero attached hydrogens (tertiary/aromatic N) is 2. The third-order valence-corrected chi connectivity index (χ3v) is 6.51. The Balaban J connectivity index is 1.58. The molecule has 5 nitrogen and oxygen atoms in total. The molecule has 2 aliphatic carbocycles. The number of carbonyl (C=O) groups is 2. The first-order chi connectivity index (χ1) is 13.7. The highest BCUT2D eigenvalue weighted by atomic mass is 32.1. The van der Waals surface area contributed by atoms with Crippen LogP contribution in [0, 0.1) is 0 Å². The van der Waals surface area contributed by atoms with Gasteiger partial charge in [0.2, 0.25) is 11.8 Å². The minimum Gasteiger partial charge on any atom is -0.351 e. The van der Waals surface area contributed by atoms with E-state index in [1.165, 1.54) is 6.42 Å². The number of thiophene rings is 1. The van der Waals surface area contributed by atoms with Crippen molar-refractivity contribution in [3.8, 4) is 0 Å². The van der Waals surface area contributed by atoms with Crippen LogP contribution in [0.15, 0.2) is 42.0 Å². The average molecular weight is 398 g/mol. The van der Waals surface area contributed by atoms with Crippen LogP contribution in [0.5, 0.6) is 0 Å². The zero-order valence-electron chi connectivity index (χ0n) is 16.0. The molecule has 148 valence electrons. The fourth-order valence-electron chi connectivity index (χ4n) is 4.08. The fourth-order valence-corrected chi connectivity index (χ4v) is 4.77. The lowest BCUT2D eigenvalue weighted by atomic mass is 9.94. The Bertz CT molecular complexity index is 783. The smallest absolute Gasteiger partial charge is 0.247 e. The van der Waals surface area contributed by atoms with E-state index in [-0.39, 0.29) is 23.9 Å². The highest BCUT2D eigenvalue weighted by Crippen LogP contribution is 2.36. The number of aromatic nitrogens is 1. The molecule has 0 aromatic carbocycles. The van der Waals surface area contributed by atoms with Gasteiger partial charge in [0, 0.05) is 29.4 Å². The second-order valence-corrected chi connectivity index (χ2v) is 8.85. The number of rotatable bonds is 7. The maximum Gasteiger partial charge on any atom is 0.247 e. The summed E-state index contributed by atoms with van der Waals surface area (Å²) in [4.78, 5) is 33.6. The lowest BCUT2D eigenvalue weighted by Crippen LogP contribution is -2.48. The molecule has 0 bridgehead atoms. The van der Waals surface area contributed by atoms with Crippen LogP contribution >= 0.6 is 11.3 Å². The maximum absolute atomic E-state index is 13.4. The van der Waals surface area contributed by atoms with Crippen molar-refractivity contribution in [1.29, 1.82) is 0 Å². The molecule has 2 fully saturated rings. The van der Waals surface area contributed by atoms with Crippen molar-refractivity contribution >= 4 is 23.2 Å². The Kier molecular flexibility index (Phi) is 6.05. The summed E-state index contributed by atoms with van der Waals surface area (Å²) < 4.78 is 0. The van der Waals surface area contributed by atoms with Crippen molar-refractivity contribution in [2.75, 3.05) is 0 Å². The standard InChI is InChI=1S/C22H27N3O2S/c26-20(15-19-7-4-14-28-19)25(18-8-9-18)21(16-10-12-23-13-11-16)22(27)24-17-5-2-1-3-6-17/h4,7,10-14,17-18,21H,1-3,5-6,8-9,15H2,(H,24,27). The van der Waals surface area contributed by atoms with Crippen molar-refractivity contribution in [1.82, 2.24) is 15.2 Å². The van der Waals surface area contributed by atoms with Crippen LogP contribution in [0.25, 0.3) is 0 Å². The van der Waals surface area contributed by atoms with E-state index in [9.17, 15) is 9.59 Å². The van der Waals surface area contributed by atoms with Crippen LogP contribution in [0.3, 0.4) is 0 Å². The molecule has 2 heterocycles. The molecule has 2 amide bonds. The van der Waals surface area contributed by atoms with Crippen molar-refractivity contribution in [3.63, 3.8) is 0 Å². The first-order valence-electron chi connectivity index (χ1n) is 10.3. The van der Waals surface area contributed by atoms with E-state index >= 15 is 0 Å². The second-order valence-electron chi connectivity index (χ2n) is 7.81. The first kappa shape index (κ1) is 19.1. The maximum atomic E-state index is 13.4. The Morgan fingerprint density at radius 1 is 1.11 bits per heavy atom. The largest absolute Gasteiger partial charge is 0.351 e. The van der Waals surface area contributed by atoms with E-state index in [2.05, 4.69) is 10.3 Å². The summed E-state index contributed by atoms with van der Waals surface area (Å²) in [5.74, 6) is -0.0184. The summed E-state index contributed by atoms with van der Waals surface area (Å²) in [6.45, 7) is 0. The summed E-state index contributed by atoms with van der Waals surface area (Å²) in [7, 11) is 0. The third kappa shape index (κ3) is 4.61. The monoisotopic (exact) mass is 397 g/mol. The number of hydrogen-bond acceptors (Lipinski definition) is 4. The lowest BCUT2D eigenvalue weighted by Gasteiger charge is -2.33. The van der Waals surface area contributed by atoms with Gasteiger partial charge in [-0.1, -0.05) is 25.3 Å². The molecular formula is C22H27N3O2S. The van der Waals surface area contributed by atoms with Crippen molar-refractivity contribution in [2.24, 2.45) is 0 Å². The molecule has 1 N–H and O–H groups in total. The van der Waals surface area contributed by atoms with Crippen LogP contribution in [-0.4, -0.2) is 33.8 Å². The Morgan fingerprint density at radius 3 is 2.50 bits per heavy atom. The van der Waals surface area contributed by atoms with Crippen LogP contribution in [0.1, 0.15) is 61.4 Å². The van der Waals surface area contributed by atoms with Crippen LogP contribution in [0.2, 0.25) is 0 Å². The molecule has 6 heteroatoms. The van der Waals surface area contributed by atoms with Crippen LogP contribution in [0.4, 0.5) is 0 Å². The molecule has 4 rings (SSSR count). The zero-order chi connectivity index (χ0) is 19.3. The lowest BCUT2D eigenvalue weighted by molar-refractivity contribution is -0.141. The highest BCUT2D eigenvalue weighted by molar-refractivity contribution is 7.10. The van der Waals surface area contributed by atoms with Gasteiger partial charge in [-0.3, -0.25) is 14.6 Å². The van der Waals surface area contributed by atoms with E-state index in [0.717, 1.165) is 49.0 Å². The molecule has 1 unspecified atom stereocenters. The van der Waals surface area contributed by atoms with Gasteiger partial charge in [0.1, 0.15) is 6.04 Å². The Morgan fingerprint density at radius 2 is 1.86 bits per heavy atom. The summed E-state index contributed by atoms with van der Waals surface area (Å²) in [5, 5.41) is 5.23. The van der Waals surface area contributed by atoms with Gasteiger partial charge in [-0.25, -0.2) is 0 Å². The Hall–Kier alpha value is -2.21. The summed E-state index contributed by atoms with van der Waals surface area (Å²) >= 11 is 1.59. The van der Waals surface area contributed by atoms with Crippen LogP contribution < -0.4 is 5.32 Å². The normalized spacial score (nSPS) is 18.4. The molecular weight excluding hydrogens is 370 g/mol. The Labute approximate surface area is 170 Å². The van der Waals surface area contributed by atoms with E-state index in [0.29, 0.717) is 6.42 Å². The minimum atomic E-state index is -0.579. The van der Waals surface area contributed by atoms with Gasteiger partial charge in [0.05, 0.1) is 6.42 Å². The van der Waals surface area contributed by atoms with Gasteiger partial charge < -0.3 is 10.2 Å². The predicted octanol–water partition coefficient (Wildman–Crippen LogP) is 3.87. The zero-order valence-corrected chi connectivity index (χ0v) is 16.9. The molecule has 0 aliphatic heterocycles.